The number of rotatable bonds is 5. The fraction of sp³-hybridized carbons (Fsp3) is 0.211. The second-order valence-corrected chi connectivity index (χ2v) is 7.01. The van der Waals surface area contributed by atoms with E-state index in [0.29, 0.717) is 11.7 Å². The van der Waals surface area contributed by atoms with Crippen molar-refractivity contribution in [1.29, 1.82) is 0 Å². The van der Waals surface area contributed by atoms with Gasteiger partial charge in [0.15, 0.2) is 5.11 Å². The van der Waals surface area contributed by atoms with Crippen LogP contribution in [0.5, 0.6) is 0 Å². The fourth-order valence-corrected chi connectivity index (χ4v) is 3.67. The van der Waals surface area contributed by atoms with Crippen molar-refractivity contribution < 1.29 is 4.42 Å². The molecule has 0 spiro atoms. The molecular formula is C19H20N2OS2. The number of para-hydroxylation sites is 1. The Labute approximate surface area is 151 Å². The molecule has 0 amide bonds. The lowest BCUT2D eigenvalue weighted by Gasteiger charge is -2.31. The van der Waals surface area contributed by atoms with Gasteiger partial charge in [-0.25, -0.2) is 0 Å². The summed E-state index contributed by atoms with van der Waals surface area (Å²) in [5.41, 5.74) is 2.20. The molecule has 1 atom stereocenters. The van der Waals surface area contributed by atoms with Gasteiger partial charge in [-0.05, 0) is 61.3 Å². The van der Waals surface area contributed by atoms with Gasteiger partial charge in [0, 0.05) is 10.6 Å². The number of thiophene rings is 1. The standard InChI is InChI=1S/C19H20N2OS2/c1-14-7-3-4-9-17(14)20-19(23)21(13-16-8-5-11-22-16)15(2)18-10-6-12-24-18/h3-12,15H,13H2,1-2H3,(H,20,23)/t15-/m1/s1. The number of anilines is 1. The van der Waals surface area contributed by atoms with Crippen molar-refractivity contribution in [2.45, 2.75) is 26.4 Å². The van der Waals surface area contributed by atoms with E-state index in [1.165, 1.54) is 10.4 Å². The van der Waals surface area contributed by atoms with Gasteiger partial charge >= 0.3 is 0 Å². The second-order valence-electron chi connectivity index (χ2n) is 5.64. The van der Waals surface area contributed by atoms with E-state index in [1.807, 2.05) is 30.3 Å². The largest absolute Gasteiger partial charge is 0.467 e. The molecular weight excluding hydrogens is 336 g/mol. The predicted molar refractivity (Wildman–Crippen MR) is 104 cm³/mol. The highest BCUT2D eigenvalue weighted by molar-refractivity contribution is 7.80. The van der Waals surface area contributed by atoms with Gasteiger partial charge in [0.1, 0.15) is 5.76 Å². The van der Waals surface area contributed by atoms with E-state index in [0.717, 1.165) is 11.4 Å². The summed E-state index contributed by atoms with van der Waals surface area (Å²) in [6.45, 7) is 4.87. The third-order valence-electron chi connectivity index (χ3n) is 3.98. The first-order valence-electron chi connectivity index (χ1n) is 7.84. The topological polar surface area (TPSA) is 28.4 Å². The van der Waals surface area contributed by atoms with Crippen LogP contribution in [0.4, 0.5) is 5.69 Å². The SMILES string of the molecule is Cc1ccccc1NC(=S)N(Cc1ccco1)[C@H](C)c1cccs1. The van der Waals surface area contributed by atoms with Crippen LogP contribution >= 0.6 is 23.6 Å². The molecule has 0 saturated carbocycles. The average molecular weight is 357 g/mol. The Balaban J connectivity index is 1.83. The number of hydrogen-bond acceptors (Lipinski definition) is 3. The lowest BCUT2D eigenvalue weighted by molar-refractivity contribution is 0.306. The molecule has 2 aromatic heterocycles. The summed E-state index contributed by atoms with van der Waals surface area (Å²) in [7, 11) is 0. The maximum Gasteiger partial charge on any atom is 0.174 e. The first-order chi connectivity index (χ1) is 11.6. The first-order valence-corrected chi connectivity index (χ1v) is 9.13. The van der Waals surface area contributed by atoms with E-state index < -0.39 is 0 Å². The molecule has 3 aromatic rings. The highest BCUT2D eigenvalue weighted by Crippen LogP contribution is 2.27. The van der Waals surface area contributed by atoms with Crippen molar-refractivity contribution in [3.8, 4) is 0 Å². The molecule has 124 valence electrons. The maximum absolute atomic E-state index is 5.72. The molecule has 0 aliphatic heterocycles. The van der Waals surface area contributed by atoms with Crippen molar-refractivity contribution in [2.75, 3.05) is 5.32 Å². The van der Waals surface area contributed by atoms with Gasteiger partial charge in [0.05, 0.1) is 18.8 Å². The van der Waals surface area contributed by atoms with Crippen LogP contribution in [-0.2, 0) is 6.54 Å². The van der Waals surface area contributed by atoms with E-state index in [9.17, 15) is 0 Å². The van der Waals surface area contributed by atoms with Crippen molar-refractivity contribution in [2.24, 2.45) is 0 Å². The third kappa shape index (κ3) is 3.86. The summed E-state index contributed by atoms with van der Waals surface area (Å²) < 4.78 is 5.53. The number of nitrogens with zero attached hydrogens (tertiary/aromatic N) is 1. The molecule has 1 aromatic carbocycles. The zero-order valence-electron chi connectivity index (χ0n) is 13.7. The van der Waals surface area contributed by atoms with Gasteiger partial charge in [-0.3, -0.25) is 0 Å². The van der Waals surface area contributed by atoms with Crippen LogP contribution in [-0.4, -0.2) is 10.0 Å². The molecule has 1 N–H and O–H groups in total. The quantitative estimate of drug-likeness (QED) is 0.602. The molecule has 0 radical (unpaired) electrons. The van der Waals surface area contributed by atoms with E-state index in [-0.39, 0.29) is 6.04 Å². The maximum atomic E-state index is 5.72. The first kappa shape index (κ1) is 16.7. The minimum atomic E-state index is 0.166. The lowest BCUT2D eigenvalue weighted by Crippen LogP contribution is -2.36. The van der Waals surface area contributed by atoms with Crippen LogP contribution in [0.25, 0.3) is 0 Å². The Bertz CT molecular complexity index is 782. The molecule has 0 bridgehead atoms. The number of benzene rings is 1. The van der Waals surface area contributed by atoms with Crippen LogP contribution < -0.4 is 5.32 Å². The zero-order chi connectivity index (χ0) is 16.9. The second kappa shape index (κ2) is 7.64. The third-order valence-corrected chi connectivity index (χ3v) is 5.36. The summed E-state index contributed by atoms with van der Waals surface area (Å²) in [5.74, 6) is 0.896. The molecule has 2 heterocycles. The summed E-state index contributed by atoms with van der Waals surface area (Å²) in [6, 6.07) is 16.4. The molecule has 5 heteroatoms. The van der Waals surface area contributed by atoms with Gasteiger partial charge in [-0.2, -0.15) is 0 Å². The lowest BCUT2D eigenvalue weighted by atomic mass is 10.2. The highest BCUT2D eigenvalue weighted by Gasteiger charge is 2.21. The molecule has 24 heavy (non-hydrogen) atoms. The highest BCUT2D eigenvalue weighted by atomic mass is 32.1. The van der Waals surface area contributed by atoms with Crippen LogP contribution in [0.1, 0.15) is 29.2 Å². The molecule has 0 fully saturated rings. The summed E-state index contributed by atoms with van der Waals surface area (Å²) in [4.78, 5) is 3.43. The molecule has 3 rings (SSSR count). The Hall–Kier alpha value is -2.11. The number of nitrogens with one attached hydrogen (secondary N) is 1. The smallest absolute Gasteiger partial charge is 0.174 e. The van der Waals surface area contributed by atoms with Gasteiger partial charge in [0.25, 0.3) is 0 Å². The fourth-order valence-electron chi connectivity index (χ4n) is 2.54. The van der Waals surface area contributed by atoms with Crippen LogP contribution in [0.2, 0.25) is 0 Å². The van der Waals surface area contributed by atoms with E-state index in [1.54, 1.807) is 17.6 Å². The Morgan fingerprint density at radius 1 is 1.21 bits per heavy atom. The minimum Gasteiger partial charge on any atom is -0.467 e. The Kier molecular flexibility index (Phi) is 5.33. The van der Waals surface area contributed by atoms with Crippen molar-refractivity contribution in [3.05, 3.63) is 76.4 Å². The Morgan fingerprint density at radius 2 is 2.04 bits per heavy atom. The molecule has 0 unspecified atom stereocenters. The number of aryl methyl sites for hydroxylation is 1. The molecule has 0 aliphatic carbocycles. The number of hydrogen-bond donors (Lipinski definition) is 1. The summed E-state index contributed by atoms with van der Waals surface area (Å²) >= 11 is 7.46. The van der Waals surface area contributed by atoms with Crippen LogP contribution in [0.3, 0.4) is 0 Å². The van der Waals surface area contributed by atoms with Crippen LogP contribution in [0.15, 0.2) is 64.6 Å². The summed E-state index contributed by atoms with van der Waals surface area (Å²) in [5, 5.41) is 6.17. The minimum absolute atomic E-state index is 0.166. The normalized spacial score (nSPS) is 11.9. The molecule has 3 nitrogen and oxygen atoms in total. The number of furan rings is 1. The number of thiocarbonyl (C=S) groups is 1. The van der Waals surface area contributed by atoms with Crippen LogP contribution in [0, 0.1) is 6.92 Å². The van der Waals surface area contributed by atoms with Gasteiger partial charge in [-0.15, -0.1) is 11.3 Å². The van der Waals surface area contributed by atoms with E-state index in [2.05, 4.69) is 47.6 Å². The van der Waals surface area contributed by atoms with E-state index >= 15 is 0 Å². The van der Waals surface area contributed by atoms with Gasteiger partial charge in [0.2, 0.25) is 0 Å². The summed E-state index contributed by atoms with van der Waals surface area (Å²) in [6.07, 6.45) is 1.70. The average Bonchev–Trinajstić information content (AvgIpc) is 3.27. The van der Waals surface area contributed by atoms with Gasteiger partial charge in [-0.1, -0.05) is 24.3 Å². The van der Waals surface area contributed by atoms with Gasteiger partial charge < -0.3 is 14.6 Å². The predicted octanol–water partition coefficient (Wildman–Crippen LogP) is 5.61. The monoisotopic (exact) mass is 356 g/mol. The van der Waals surface area contributed by atoms with Crippen molar-refractivity contribution >= 4 is 34.4 Å². The Morgan fingerprint density at radius 3 is 2.71 bits per heavy atom. The molecule has 0 saturated heterocycles. The van der Waals surface area contributed by atoms with E-state index in [4.69, 9.17) is 16.6 Å². The zero-order valence-corrected chi connectivity index (χ0v) is 15.4. The van der Waals surface area contributed by atoms with Crippen molar-refractivity contribution in [3.63, 3.8) is 0 Å². The van der Waals surface area contributed by atoms with Crippen molar-refractivity contribution in [1.82, 2.24) is 4.90 Å². The molecule has 0 aliphatic rings.